The Hall–Kier alpha value is -1.67. The maximum absolute atomic E-state index is 13.6. The Bertz CT molecular complexity index is 615. The van der Waals surface area contributed by atoms with Gasteiger partial charge in [0.15, 0.2) is 0 Å². The van der Waals surface area contributed by atoms with Crippen molar-refractivity contribution >= 4 is 0 Å². The average Bonchev–Trinajstić information content (AvgIpc) is 2.47. The van der Waals surface area contributed by atoms with E-state index in [1.807, 2.05) is 6.07 Å². The van der Waals surface area contributed by atoms with Gasteiger partial charge in [0, 0.05) is 12.5 Å². The van der Waals surface area contributed by atoms with Crippen molar-refractivity contribution in [3.05, 3.63) is 70.5 Å². The van der Waals surface area contributed by atoms with Gasteiger partial charge in [0.1, 0.15) is 5.82 Å². The number of piperidine rings is 1. The number of benzene rings is 2. The summed E-state index contributed by atoms with van der Waals surface area (Å²) in [5, 5.41) is 3.47. The zero-order chi connectivity index (χ0) is 14.8. The highest BCUT2D eigenvalue weighted by atomic mass is 19.1. The van der Waals surface area contributed by atoms with Gasteiger partial charge in [0.05, 0.1) is 0 Å². The molecule has 2 atom stereocenters. The zero-order valence-electron chi connectivity index (χ0n) is 12.7. The molecule has 1 N–H and O–H groups in total. The van der Waals surface area contributed by atoms with Crippen LogP contribution in [0.15, 0.2) is 42.5 Å². The summed E-state index contributed by atoms with van der Waals surface area (Å²) < 4.78 is 13.6. The first-order valence-corrected chi connectivity index (χ1v) is 7.69. The predicted octanol–water partition coefficient (Wildman–Crippen LogP) is 4.30. The Morgan fingerprint density at radius 1 is 1.00 bits per heavy atom. The molecule has 1 fully saturated rings. The molecule has 0 spiro atoms. The van der Waals surface area contributed by atoms with E-state index in [0.717, 1.165) is 25.1 Å². The second-order valence-electron chi connectivity index (χ2n) is 6.07. The summed E-state index contributed by atoms with van der Waals surface area (Å²) >= 11 is 0. The number of hydrogen-bond acceptors (Lipinski definition) is 1. The highest BCUT2D eigenvalue weighted by Crippen LogP contribution is 2.40. The molecule has 2 unspecified atom stereocenters. The van der Waals surface area contributed by atoms with E-state index in [4.69, 9.17) is 0 Å². The molecule has 1 heterocycles. The lowest BCUT2D eigenvalue weighted by Gasteiger charge is -2.34. The highest BCUT2D eigenvalue weighted by Gasteiger charge is 2.29. The first kappa shape index (κ1) is 14.3. The third kappa shape index (κ3) is 2.86. The van der Waals surface area contributed by atoms with E-state index in [1.54, 1.807) is 6.07 Å². The van der Waals surface area contributed by atoms with Gasteiger partial charge in [-0.25, -0.2) is 4.39 Å². The Kier molecular flexibility index (Phi) is 4.07. The van der Waals surface area contributed by atoms with Gasteiger partial charge in [-0.2, -0.15) is 0 Å². The van der Waals surface area contributed by atoms with E-state index in [1.165, 1.54) is 22.8 Å². The van der Waals surface area contributed by atoms with Crippen LogP contribution in [-0.4, -0.2) is 13.1 Å². The van der Waals surface area contributed by atoms with Crippen LogP contribution in [0.4, 0.5) is 4.39 Å². The molecule has 1 saturated heterocycles. The highest BCUT2D eigenvalue weighted by molar-refractivity contribution is 5.40. The molecule has 1 aliphatic heterocycles. The minimum atomic E-state index is -0.140. The standard InChI is InChI=1S/C19H22FN/c1-13-5-3-6-14(2)19(13)17-9-10-21-12-18(17)15-7-4-8-16(20)11-15/h3-8,11,17-18,21H,9-10,12H2,1-2H3. The van der Waals surface area contributed by atoms with Crippen LogP contribution in [0.5, 0.6) is 0 Å². The van der Waals surface area contributed by atoms with Crippen LogP contribution in [0.3, 0.4) is 0 Å². The van der Waals surface area contributed by atoms with Crippen molar-refractivity contribution in [2.24, 2.45) is 0 Å². The topological polar surface area (TPSA) is 12.0 Å². The molecule has 0 bridgehead atoms. The minimum Gasteiger partial charge on any atom is -0.316 e. The first-order chi connectivity index (χ1) is 10.2. The van der Waals surface area contributed by atoms with Crippen molar-refractivity contribution in [1.29, 1.82) is 0 Å². The minimum absolute atomic E-state index is 0.140. The zero-order valence-corrected chi connectivity index (χ0v) is 12.7. The van der Waals surface area contributed by atoms with Gasteiger partial charge in [-0.3, -0.25) is 0 Å². The molecule has 1 aliphatic rings. The maximum atomic E-state index is 13.6. The Labute approximate surface area is 126 Å². The van der Waals surface area contributed by atoms with E-state index in [-0.39, 0.29) is 5.82 Å². The van der Waals surface area contributed by atoms with Crippen LogP contribution in [0.1, 0.15) is 40.5 Å². The van der Waals surface area contributed by atoms with Crippen LogP contribution in [0, 0.1) is 19.7 Å². The summed E-state index contributed by atoms with van der Waals surface area (Å²) in [4.78, 5) is 0. The van der Waals surface area contributed by atoms with E-state index >= 15 is 0 Å². The van der Waals surface area contributed by atoms with E-state index in [0.29, 0.717) is 11.8 Å². The molecular formula is C19H22FN. The van der Waals surface area contributed by atoms with Crippen LogP contribution < -0.4 is 5.32 Å². The quantitative estimate of drug-likeness (QED) is 0.866. The van der Waals surface area contributed by atoms with Crippen molar-refractivity contribution < 1.29 is 4.39 Å². The molecule has 2 heteroatoms. The smallest absolute Gasteiger partial charge is 0.123 e. The number of nitrogens with one attached hydrogen (secondary N) is 1. The number of aryl methyl sites for hydroxylation is 2. The van der Waals surface area contributed by atoms with Crippen molar-refractivity contribution in [3.63, 3.8) is 0 Å². The molecule has 0 aliphatic carbocycles. The lowest BCUT2D eigenvalue weighted by Crippen LogP contribution is -2.34. The van der Waals surface area contributed by atoms with Crippen molar-refractivity contribution in [2.75, 3.05) is 13.1 Å². The molecule has 0 radical (unpaired) electrons. The van der Waals surface area contributed by atoms with Crippen molar-refractivity contribution in [1.82, 2.24) is 5.32 Å². The third-order valence-electron chi connectivity index (χ3n) is 4.67. The second-order valence-corrected chi connectivity index (χ2v) is 6.07. The van der Waals surface area contributed by atoms with Gasteiger partial charge in [-0.05, 0) is 67.1 Å². The van der Waals surface area contributed by atoms with Gasteiger partial charge < -0.3 is 5.32 Å². The third-order valence-corrected chi connectivity index (χ3v) is 4.67. The lowest BCUT2D eigenvalue weighted by atomic mass is 9.75. The van der Waals surface area contributed by atoms with E-state index in [2.05, 4.69) is 43.4 Å². The van der Waals surface area contributed by atoms with Gasteiger partial charge in [-0.1, -0.05) is 30.3 Å². The monoisotopic (exact) mass is 283 g/mol. The van der Waals surface area contributed by atoms with E-state index < -0.39 is 0 Å². The molecule has 2 aromatic rings. The fourth-order valence-corrected chi connectivity index (χ4v) is 3.70. The molecule has 0 saturated carbocycles. The van der Waals surface area contributed by atoms with Crippen LogP contribution in [0.25, 0.3) is 0 Å². The molecular weight excluding hydrogens is 261 g/mol. The summed E-state index contributed by atoms with van der Waals surface area (Å²) in [6.07, 6.45) is 1.10. The fraction of sp³-hybridized carbons (Fsp3) is 0.368. The number of rotatable bonds is 2. The predicted molar refractivity (Wildman–Crippen MR) is 85.3 cm³/mol. The Morgan fingerprint density at radius 3 is 2.43 bits per heavy atom. The van der Waals surface area contributed by atoms with Crippen LogP contribution >= 0.6 is 0 Å². The van der Waals surface area contributed by atoms with Gasteiger partial charge in [0.2, 0.25) is 0 Å². The summed E-state index contributed by atoms with van der Waals surface area (Å²) in [7, 11) is 0. The summed E-state index contributed by atoms with van der Waals surface area (Å²) in [6.45, 7) is 6.33. The SMILES string of the molecule is Cc1cccc(C)c1C1CCNCC1c1cccc(F)c1. The summed E-state index contributed by atoms with van der Waals surface area (Å²) in [6, 6.07) is 13.6. The van der Waals surface area contributed by atoms with Gasteiger partial charge in [-0.15, -0.1) is 0 Å². The average molecular weight is 283 g/mol. The van der Waals surface area contributed by atoms with Crippen molar-refractivity contribution in [2.45, 2.75) is 32.1 Å². The second kappa shape index (κ2) is 5.98. The molecule has 2 aromatic carbocycles. The fourth-order valence-electron chi connectivity index (χ4n) is 3.70. The largest absolute Gasteiger partial charge is 0.316 e. The molecule has 0 aromatic heterocycles. The summed E-state index contributed by atoms with van der Waals surface area (Å²) in [5.41, 5.74) is 5.26. The number of halogens is 1. The molecule has 0 amide bonds. The summed E-state index contributed by atoms with van der Waals surface area (Å²) in [5.74, 6) is 0.668. The van der Waals surface area contributed by atoms with E-state index in [9.17, 15) is 4.39 Å². The first-order valence-electron chi connectivity index (χ1n) is 7.69. The molecule has 1 nitrogen and oxygen atoms in total. The molecule has 3 rings (SSSR count). The molecule has 21 heavy (non-hydrogen) atoms. The Balaban J connectivity index is 2.02. The Morgan fingerprint density at radius 2 is 1.71 bits per heavy atom. The lowest BCUT2D eigenvalue weighted by molar-refractivity contribution is 0.401. The maximum Gasteiger partial charge on any atom is 0.123 e. The molecule has 110 valence electrons. The van der Waals surface area contributed by atoms with Crippen LogP contribution in [-0.2, 0) is 0 Å². The van der Waals surface area contributed by atoms with Gasteiger partial charge >= 0.3 is 0 Å². The van der Waals surface area contributed by atoms with Gasteiger partial charge in [0.25, 0.3) is 0 Å². The van der Waals surface area contributed by atoms with Crippen molar-refractivity contribution in [3.8, 4) is 0 Å². The van der Waals surface area contributed by atoms with Crippen LogP contribution in [0.2, 0.25) is 0 Å². The normalized spacial score (nSPS) is 22.2. The number of hydrogen-bond donors (Lipinski definition) is 1.